The third-order valence-electron chi connectivity index (χ3n) is 4.75. The molecule has 0 radical (unpaired) electrons. The van der Waals surface area contributed by atoms with Gasteiger partial charge in [0.2, 0.25) is 11.8 Å². The van der Waals surface area contributed by atoms with Crippen LogP contribution in [0.5, 0.6) is 0 Å². The molecule has 1 aromatic carbocycles. The molecule has 132 valence electrons. The van der Waals surface area contributed by atoms with Gasteiger partial charge in [-0.15, -0.1) is 0 Å². The lowest BCUT2D eigenvalue weighted by atomic mass is 9.83. The molecule has 1 fully saturated rings. The quantitative estimate of drug-likeness (QED) is 0.857. The first-order chi connectivity index (χ1) is 12.0. The van der Waals surface area contributed by atoms with E-state index in [-0.39, 0.29) is 18.2 Å². The molecule has 0 bridgehead atoms. The van der Waals surface area contributed by atoms with Crippen LogP contribution in [0.3, 0.4) is 0 Å². The number of likely N-dealkylation sites (tertiary alicyclic amines) is 1. The van der Waals surface area contributed by atoms with E-state index in [1.807, 2.05) is 0 Å². The molecule has 1 aliphatic heterocycles. The first kappa shape index (κ1) is 17.2. The van der Waals surface area contributed by atoms with Crippen molar-refractivity contribution in [2.45, 2.75) is 25.4 Å². The van der Waals surface area contributed by atoms with E-state index < -0.39 is 17.8 Å². The van der Waals surface area contributed by atoms with E-state index in [9.17, 15) is 14.0 Å². The molecule has 2 aromatic rings. The number of carbonyl (C=O) groups is 2. The highest BCUT2D eigenvalue weighted by molar-refractivity contribution is 5.84. The van der Waals surface area contributed by atoms with Gasteiger partial charge in [-0.3, -0.25) is 9.59 Å². The summed E-state index contributed by atoms with van der Waals surface area (Å²) in [5.41, 5.74) is 0.378. The van der Waals surface area contributed by atoms with Crippen molar-refractivity contribution in [3.05, 3.63) is 59.8 Å². The highest BCUT2D eigenvalue weighted by Gasteiger charge is 2.41. The van der Waals surface area contributed by atoms with Gasteiger partial charge in [0.1, 0.15) is 11.6 Å². The molecule has 0 spiro atoms. The molecular weight excluding hydrogens is 323 g/mol. The van der Waals surface area contributed by atoms with Crippen molar-refractivity contribution in [1.82, 2.24) is 9.80 Å². The Balaban J connectivity index is 1.88. The Morgan fingerprint density at radius 3 is 2.76 bits per heavy atom. The van der Waals surface area contributed by atoms with Crippen molar-refractivity contribution >= 4 is 11.8 Å². The van der Waals surface area contributed by atoms with Gasteiger partial charge in [0.15, 0.2) is 0 Å². The summed E-state index contributed by atoms with van der Waals surface area (Å²) in [6.45, 7) is 0.337. The lowest BCUT2D eigenvalue weighted by molar-refractivity contribution is -0.146. The van der Waals surface area contributed by atoms with E-state index in [1.165, 1.54) is 11.0 Å². The molecule has 1 aliphatic rings. The van der Waals surface area contributed by atoms with E-state index >= 15 is 0 Å². The molecule has 25 heavy (non-hydrogen) atoms. The fourth-order valence-corrected chi connectivity index (χ4v) is 3.43. The summed E-state index contributed by atoms with van der Waals surface area (Å²) >= 11 is 0. The smallest absolute Gasteiger partial charge is 0.228 e. The maximum absolute atomic E-state index is 14.3. The van der Waals surface area contributed by atoms with E-state index in [1.54, 1.807) is 55.6 Å². The summed E-state index contributed by atoms with van der Waals surface area (Å²) in [5.74, 6) is -0.409. The lowest BCUT2D eigenvalue weighted by Gasteiger charge is -2.40. The number of halogens is 1. The summed E-state index contributed by atoms with van der Waals surface area (Å²) in [5, 5.41) is 0. The average Bonchev–Trinajstić information content (AvgIpc) is 3.10. The summed E-state index contributed by atoms with van der Waals surface area (Å²) in [7, 11) is 3.32. The molecule has 1 aromatic heterocycles. The van der Waals surface area contributed by atoms with Crippen LogP contribution in [0.2, 0.25) is 0 Å². The Morgan fingerprint density at radius 1 is 1.32 bits per heavy atom. The zero-order chi connectivity index (χ0) is 18.0. The molecule has 3 rings (SSSR count). The maximum atomic E-state index is 14.3. The Kier molecular flexibility index (Phi) is 4.88. The second kappa shape index (κ2) is 7.09. The number of amides is 2. The second-order valence-electron chi connectivity index (χ2n) is 6.39. The number of hydrogen-bond acceptors (Lipinski definition) is 3. The minimum atomic E-state index is -0.603. The van der Waals surface area contributed by atoms with Gasteiger partial charge < -0.3 is 14.2 Å². The molecule has 1 saturated heterocycles. The number of hydrogen-bond donors (Lipinski definition) is 0. The highest BCUT2D eigenvalue weighted by Crippen LogP contribution is 2.37. The number of piperidine rings is 1. The zero-order valence-corrected chi connectivity index (χ0v) is 14.3. The van der Waals surface area contributed by atoms with Crippen molar-refractivity contribution in [2.75, 3.05) is 14.1 Å². The van der Waals surface area contributed by atoms with Crippen LogP contribution in [0.1, 0.15) is 30.2 Å². The third-order valence-corrected chi connectivity index (χ3v) is 4.75. The molecular formula is C19H21FN2O3. The molecule has 5 nitrogen and oxygen atoms in total. The molecule has 6 heteroatoms. The summed E-state index contributed by atoms with van der Waals surface area (Å²) in [6.07, 6.45) is 2.25. The number of rotatable bonds is 4. The van der Waals surface area contributed by atoms with Crippen LogP contribution in [-0.4, -0.2) is 35.7 Å². The first-order valence-electron chi connectivity index (χ1n) is 8.26. The molecule has 2 atom stereocenters. The maximum Gasteiger partial charge on any atom is 0.228 e. The van der Waals surface area contributed by atoms with Gasteiger partial charge in [-0.25, -0.2) is 4.39 Å². The van der Waals surface area contributed by atoms with Crippen molar-refractivity contribution in [3.63, 3.8) is 0 Å². The van der Waals surface area contributed by atoms with Crippen molar-refractivity contribution < 1.29 is 18.4 Å². The van der Waals surface area contributed by atoms with Crippen LogP contribution in [0.25, 0.3) is 0 Å². The molecule has 0 aliphatic carbocycles. The van der Waals surface area contributed by atoms with Crippen LogP contribution in [0.15, 0.2) is 47.1 Å². The van der Waals surface area contributed by atoms with Crippen LogP contribution >= 0.6 is 0 Å². The standard InChI is InChI=1S/C19H21FN2O3/c1-21(12-13-6-5-11-25-13)19(24)15-9-10-17(23)22(2)18(15)14-7-3-4-8-16(14)20/h3-8,11,15,18H,9-10,12H2,1-2H3/t15-,18+/m0/s1. The van der Waals surface area contributed by atoms with E-state index in [2.05, 4.69) is 0 Å². The van der Waals surface area contributed by atoms with Crippen LogP contribution in [0.4, 0.5) is 4.39 Å². The van der Waals surface area contributed by atoms with Gasteiger partial charge in [-0.05, 0) is 24.6 Å². The average molecular weight is 344 g/mol. The zero-order valence-electron chi connectivity index (χ0n) is 14.3. The largest absolute Gasteiger partial charge is 0.467 e. The van der Waals surface area contributed by atoms with Crippen LogP contribution < -0.4 is 0 Å². The second-order valence-corrected chi connectivity index (χ2v) is 6.39. The summed E-state index contributed by atoms with van der Waals surface area (Å²) in [6, 6.07) is 9.28. The van der Waals surface area contributed by atoms with Crippen LogP contribution in [0, 0.1) is 11.7 Å². The summed E-state index contributed by atoms with van der Waals surface area (Å²) in [4.78, 5) is 28.2. The Hall–Kier alpha value is -2.63. The Morgan fingerprint density at radius 2 is 2.08 bits per heavy atom. The predicted molar refractivity (Wildman–Crippen MR) is 89.8 cm³/mol. The molecule has 0 saturated carbocycles. The van der Waals surface area contributed by atoms with E-state index in [0.29, 0.717) is 24.3 Å². The minimum absolute atomic E-state index is 0.0778. The van der Waals surface area contributed by atoms with E-state index in [0.717, 1.165) is 0 Å². The van der Waals surface area contributed by atoms with Gasteiger partial charge in [0, 0.05) is 26.1 Å². The highest BCUT2D eigenvalue weighted by atomic mass is 19.1. The van der Waals surface area contributed by atoms with Gasteiger partial charge in [-0.1, -0.05) is 18.2 Å². The van der Waals surface area contributed by atoms with Crippen molar-refractivity contribution in [1.29, 1.82) is 0 Å². The molecule has 2 amide bonds. The predicted octanol–water partition coefficient (Wildman–Crippen LogP) is 2.99. The normalized spacial score (nSPS) is 20.6. The van der Waals surface area contributed by atoms with Crippen LogP contribution in [-0.2, 0) is 16.1 Å². The monoisotopic (exact) mass is 344 g/mol. The fraction of sp³-hybridized carbons (Fsp3) is 0.368. The van der Waals surface area contributed by atoms with E-state index in [4.69, 9.17) is 4.42 Å². The molecule has 2 heterocycles. The van der Waals surface area contributed by atoms with Crippen molar-refractivity contribution in [3.8, 4) is 0 Å². The number of furan rings is 1. The van der Waals surface area contributed by atoms with Gasteiger partial charge in [0.25, 0.3) is 0 Å². The number of benzene rings is 1. The Labute approximate surface area is 146 Å². The summed E-state index contributed by atoms with van der Waals surface area (Å²) < 4.78 is 19.6. The molecule has 0 unspecified atom stereocenters. The van der Waals surface area contributed by atoms with Crippen molar-refractivity contribution in [2.24, 2.45) is 5.92 Å². The minimum Gasteiger partial charge on any atom is -0.467 e. The lowest BCUT2D eigenvalue weighted by Crippen LogP contribution is -2.46. The fourth-order valence-electron chi connectivity index (χ4n) is 3.43. The third kappa shape index (κ3) is 3.43. The van der Waals surface area contributed by atoms with Gasteiger partial charge in [-0.2, -0.15) is 0 Å². The first-order valence-corrected chi connectivity index (χ1v) is 8.26. The number of carbonyl (C=O) groups excluding carboxylic acids is 2. The van der Waals surface area contributed by atoms with Gasteiger partial charge in [0.05, 0.1) is 24.8 Å². The Bertz CT molecular complexity index is 760. The SMILES string of the molecule is CN(Cc1ccco1)C(=O)[C@H]1CCC(=O)N(C)[C@@H]1c1ccccc1F. The topological polar surface area (TPSA) is 53.8 Å². The van der Waals surface area contributed by atoms with Gasteiger partial charge >= 0.3 is 0 Å². The molecule has 0 N–H and O–H groups in total. The number of nitrogens with zero attached hydrogens (tertiary/aromatic N) is 2.